The van der Waals surface area contributed by atoms with Gasteiger partial charge in [0, 0.05) is 5.75 Å². The zero-order valence-electron chi connectivity index (χ0n) is 9.63. The SMILES string of the molecule is CCCCSCC1(C(=O)O)CCCCC1. The van der Waals surface area contributed by atoms with Crippen molar-refractivity contribution in [2.24, 2.45) is 5.41 Å². The maximum atomic E-state index is 11.3. The molecule has 0 saturated heterocycles. The van der Waals surface area contributed by atoms with Crippen LogP contribution in [0.15, 0.2) is 0 Å². The fourth-order valence-electron chi connectivity index (χ4n) is 2.16. The number of carboxylic acids is 1. The number of aliphatic carboxylic acids is 1. The summed E-state index contributed by atoms with van der Waals surface area (Å²) >= 11 is 1.83. The molecule has 0 aromatic heterocycles. The van der Waals surface area contributed by atoms with Crippen molar-refractivity contribution < 1.29 is 9.90 Å². The molecule has 1 N–H and O–H groups in total. The number of unbranched alkanes of at least 4 members (excludes halogenated alkanes) is 1. The van der Waals surface area contributed by atoms with Gasteiger partial charge in [0.05, 0.1) is 5.41 Å². The minimum Gasteiger partial charge on any atom is -0.481 e. The van der Waals surface area contributed by atoms with E-state index in [-0.39, 0.29) is 0 Å². The molecule has 15 heavy (non-hydrogen) atoms. The average molecular weight is 230 g/mol. The minimum absolute atomic E-state index is 0.392. The Balaban J connectivity index is 2.39. The molecule has 0 aromatic rings. The lowest BCUT2D eigenvalue weighted by molar-refractivity contribution is -0.149. The van der Waals surface area contributed by atoms with Crippen LogP contribution in [0, 0.1) is 5.41 Å². The van der Waals surface area contributed by atoms with Crippen LogP contribution in [0.5, 0.6) is 0 Å². The van der Waals surface area contributed by atoms with Gasteiger partial charge in [-0.1, -0.05) is 32.6 Å². The predicted octanol–water partition coefficient (Wildman–Crippen LogP) is 3.55. The van der Waals surface area contributed by atoms with Gasteiger partial charge in [-0.05, 0) is 25.0 Å². The smallest absolute Gasteiger partial charge is 0.310 e. The topological polar surface area (TPSA) is 37.3 Å². The summed E-state index contributed by atoms with van der Waals surface area (Å²) in [6, 6.07) is 0. The third kappa shape index (κ3) is 3.71. The van der Waals surface area contributed by atoms with Gasteiger partial charge >= 0.3 is 5.97 Å². The van der Waals surface area contributed by atoms with Crippen molar-refractivity contribution >= 4 is 17.7 Å². The Bertz CT molecular complexity index is 198. The van der Waals surface area contributed by atoms with Crippen LogP contribution in [0.4, 0.5) is 0 Å². The summed E-state index contributed by atoms with van der Waals surface area (Å²) in [4.78, 5) is 11.3. The number of carbonyl (C=O) groups is 1. The Morgan fingerprint density at radius 2 is 2.00 bits per heavy atom. The molecule has 0 atom stereocenters. The standard InChI is InChI=1S/C12H22O2S/c1-2-3-9-15-10-12(11(13)14)7-5-4-6-8-12/h2-10H2,1H3,(H,13,14). The molecule has 0 radical (unpaired) electrons. The van der Waals surface area contributed by atoms with E-state index in [9.17, 15) is 9.90 Å². The third-order valence-corrected chi connectivity index (χ3v) is 4.62. The third-order valence-electron chi connectivity index (χ3n) is 3.28. The largest absolute Gasteiger partial charge is 0.481 e. The summed E-state index contributed by atoms with van der Waals surface area (Å²) in [6.07, 6.45) is 7.60. The Labute approximate surface area is 96.8 Å². The van der Waals surface area contributed by atoms with E-state index in [2.05, 4.69) is 6.92 Å². The summed E-state index contributed by atoms with van der Waals surface area (Å²) in [5.74, 6) is 1.37. The van der Waals surface area contributed by atoms with Crippen molar-refractivity contribution in [3.05, 3.63) is 0 Å². The summed E-state index contributed by atoms with van der Waals surface area (Å²) in [5, 5.41) is 9.33. The molecule has 0 aromatic carbocycles. The van der Waals surface area contributed by atoms with Crippen LogP contribution < -0.4 is 0 Å². The number of thioether (sulfide) groups is 1. The van der Waals surface area contributed by atoms with Crippen molar-refractivity contribution in [3.8, 4) is 0 Å². The molecule has 0 unspecified atom stereocenters. The van der Waals surface area contributed by atoms with Crippen molar-refractivity contribution in [2.75, 3.05) is 11.5 Å². The highest BCUT2D eigenvalue weighted by Crippen LogP contribution is 2.39. The van der Waals surface area contributed by atoms with Crippen molar-refractivity contribution in [1.29, 1.82) is 0 Å². The zero-order valence-corrected chi connectivity index (χ0v) is 10.4. The van der Waals surface area contributed by atoms with E-state index in [1.807, 2.05) is 11.8 Å². The number of hydrogen-bond acceptors (Lipinski definition) is 2. The summed E-state index contributed by atoms with van der Waals surface area (Å²) in [7, 11) is 0. The molecule has 1 rings (SSSR count). The van der Waals surface area contributed by atoms with Crippen LogP contribution in [0.2, 0.25) is 0 Å². The number of hydrogen-bond donors (Lipinski definition) is 1. The molecular formula is C12H22O2S. The van der Waals surface area contributed by atoms with Crippen molar-refractivity contribution in [3.63, 3.8) is 0 Å². The first-order chi connectivity index (χ1) is 7.21. The normalized spacial score (nSPS) is 20.1. The van der Waals surface area contributed by atoms with Crippen LogP contribution >= 0.6 is 11.8 Å². The van der Waals surface area contributed by atoms with E-state index in [0.717, 1.165) is 37.2 Å². The van der Waals surface area contributed by atoms with E-state index in [1.54, 1.807) is 0 Å². The van der Waals surface area contributed by atoms with Gasteiger partial charge in [-0.25, -0.2) is 0 Å². The van der Waals surface area contributed by atoms with Crippen molar-refractivity contribution in [1.82, 2.24) is 0 Å². The van der Waals surface area contributed by atoms with Gasteiger partial charge in [-0.15, -0.1) is 0 Å². The summed E-state index contributed by atoms with van der Waals surface area (Å²) < 4.78 is 0. The lowest BCUT2D eigenvalue weighted by atomic mass is 9.76. The molecular weight excluding hydrogens is 208 g/mol. The second-order valence-electron chi connectivity index (χ2n) is 4.55. The molecule has 0 aliphatic heterocycles. The second kappa shape index (κ2) is 6.41. The van der Waals surface area contributed by atoms with E-state index < -0.39 is 11.4 Å². The molecule has 0 bridgehead atoms. The highest BCUT2D eigenvalue weighted by atomic mass is 32.2. The molecule has 1 aliphatic rings. The number of rotatable bonds is 6. The Kier molecular flexibility index (Phi) is 5.51. The molecule has 1 saturated carbocycles. The molecule has 1 fully saturated rings. The fraction of sp³-hybridized carbons (Fsp3) is 0.917. The fourth-order valence-corrected chi connectivity index (χ4v) is 3.60. The summed E-state index contributed by atoms with van der Waals surface area (Å²) in [6.45, 7) is 2.17. The van der Waals surface area contributed by atoms with Crippen LogP contribution in [-0.4, -0.2) is 22.6 Å². The molecule has 0 spiro atoms. The monoisotopic (exact) mass is 230 g/mol. The van der Waals surface area contributed by atoms with Crippen LogP contribution in [-0.2, 0) is 4.79 Å². The second-order valence-corrected chi connectivity index (χ2v) is 5.66. The Morgan fingerprint density at radius 1 is 1.33 bits per heavy atom. The highest BCUT2D eigenvalue weighted by molar-refractivity contribution is 7.99. The van der Waals surface area contributed by atoms with Gasteiger partial charge in [0.25, 0.3) is 0 Å². The van der Waals surface area contributed by atoms with E-state index in [1.165, 1.54) is 19.3 Å². The van der Waals surface area contributed by atoms with E-state index in [0.29, 0.717) is 0 Å². The van der Waals surface area contributed by atoms with E-state index >= 15 is 0 Å². The highest BCUT2D eigenvalue weighted by Gasteiger charge is 2.39. The van der Waals surface area contributed by atoms with Crippen molar-refractivity contribution in [2.45, 2.75) is 51.9 Å². The Hall–Kier alpha value is -0.180. The lowest BCUT2D eigenvalue weighted by Crippen LogP contribution is -2.35. The van der Waals surface area contributed by atoms with Gasteiger partial charge in [-0.3, -0.25) is 4.79 Å². The first-order valence-corrected chi connectivity index (χ1v) is 7.18. The van der Waals surface area contributed by atoms with Crippen LogP contribution in [0.1, 0.15) is 51.9 Å². The van der Waals surface area contributed by atoms with Gasteiger partial charge in [0.2, 0.25) is 0 Å². The first kappa shape index (κ1) is 12.9. The lowest BCUT2D eigenvalue weighted by Gasteiger charge is -2.32. The molecule has 3 heteroatoms. The van der Waals surface area contributed by atoms with Gasteiger partial charge < -0.3 is 5.11 Å². The maximum absolute atomic E-state index is 11.3. The predicted molar refractivity (Wildman–Crippen MR) is 65.4 cm³/mol. The van der Waals surface area contributed by atoms with Gasteiger partial charge in [0.1, 0.15) is 0 Å². The zero-order chi connectivity index (χ0) is 11.1. The molecule has 1 aliphatic carbocycles. The molecule has 0 amide bonds. The van der Waals surface area contributed by atoms with E-state index in [4.69, 9.17) is 0 Å². The molecule has 0 heterocycles. The quantitative estimate of drug-likeness (QED) is 0.709. The first-order valence-electron chi connectivity index (χ1n) is 6.02. The van der Waals surface area contributed by atoms with Gasteiger partial charge in [0.15, 0.2) is 0 Å². The van der Waals surface area contributed by atoms with Crippen LogP contribution in [0.3, 0.4) is 0 Å². The molecule has 2 nitrogen and oxygen atoms in total. The maximum Gasteiger partial charge on any atom is 0.310 e. The number of carboxylic acid groups (broad SMARTS) is 1. The minimum atomic E-state index is -0.564. The van der Waals surface area contributed by atoms with Crippen LogP contribution in [0.25, 0.3) is 0 Å². The average Bonchev–Trinajstić information content (AvgIpc) is 2.26. The Morgan fingerprint density at radius 3 is 2.53 bits per heavy atom. The molecule has 88 valence electrons. The van der Waals surface area contributed by atoms with Gasteiger partial charge in [-0.2, -0.15) is 11.8 Å². The summed E-state index contributed by atoms with van der Waals surface area (Å²) in [5.41, 5.74) is -0.392.